The molecule has 22 heavy (non-hydrogen) atoms. The molecule has 2 heterocycles. The Kier molecular flexibility index (Phi) is 8.45. The molecule has 2 N–H and O–H groups in total. The molecule has 7 heteroatoms. The first kappa shape index (κ1) is 18.9. The molecule has 1 fully saturated rings. The van der Waals surface area contributed by atoms with E-state index >= 15 is 0 Å². The SMILES string of the molecule is COCCn1cc(NC(=O)CC(C)C2CCNCC2)cn1.Cl. The Hall–Kier alpha value is -1.11. The molecule has 1 aromatic heterocycles. The van der Waals surface area contributed by atoms with Crippen molar-refractivity contribution in [1.82, 2.24) is 15.1 Å². The van der Waals surface area contributed by atoms with Crippen LogP contribution in [0.15, 0.2) is 12.4 Å². The van der Waals surface area contributed by atoms with E-state index in [0.717, 1.165) is 18.8 Å². The zero-order valence-electron chi connectivity index (χ0n) is 13.4. The van der Waals surface area contributed by atoms with E-state index in [1.54, 1.807) is 18.0 Å². The van der Waals surface area contributed by atoms with E-state index in [9.17, 15) is 4.79 Å². The van der Waals surface area contributed by atoms with Gasteiger partial charge in [0.2, 0.25) is 5.91 Å². The maximum atomic E-state index is 12.1. The second-order valence-electron chi connectivity index (χ2n) is 5.80. The number of hydrogen-bond donors (Lipinski definition) is 2. The van der Waals surface area contributed by atoms with E-state index in [-0.39, 0.29) is 18.3 Å². The highest BCUT2D eigenvalue weighted by Gasteiger charge is 2.22. The van der Waals surface area contributed by atoms with Crippen molar-refractivity contribution >= 4 is 24.0 Å². The number of halogens is 1. The number of carbonyl (C=O) groups excluding carboxylic acids is 1. The zero-order valence-corrected chi connectivity index (χ0v) is 14.2. The Bertz CT molecular complexity index is 447. The van der Waals surface area contributed by atoms with Gasteiger partial charge in [0, 0.05) is 19.7 Å². The first-order chi connectivity index (χ1) is 10.2. The minimum absolute atomic E-state index is 0. The molecule has 1 amide bonds. The number of rotatable bonds is 7. The Morgan fingerprint density at radius 2 is 2.27 bits per heavy atom. The summed E-state index contributed by atoms with van der Waals surface area (Å²) in [7, 11) is 1.66. The fraction of sp³-hybridized carbons (Fsp3) is 0.733. The van der Waals surface area contributed by atoms with Crippen LogP contribution in [0.25, 0.3) is 0 Å². The molecule has 1 saturated heterocycles. The lowest BCUT2D eigenvalue weighted by Crippen LogP contribution is -2.32. The van der Waals surface area contributed by atoms with E-state index < -0.39 is 0 Å². The van der Waals surface area contributed by atoms with Gasteiger partial charge in [-0.3, -0.25) is 9.48 Å². The van der Waals surface area contributed by atoms with Crippen LogP contribution in [0, 0.1) is 11.8 Å². The minimum atomic E-state index is 0. The van der Waals surface area contributed by atoms with Crippen LogP contribution < -0.4 is 10.6 Å². The van der Waals surface area contributed by atoms with Gasteiger partial charge < -0.3 is 15.4 Å². The molecule has 0 spiro atoms. The predicted octanol–water partition coefficient (Wildman–Crippen LogP) is 1.92. The topological polar surface area (TPSA) is 68.2 Å². The number of hydrogen-bond acceptors (Lipinski definition) is 4. The largest absolute Gasteiger partial charge is 0.383 e. The van der Waals surface area contributed by atoms with Crippen molar-refractivity contribution in [3.05, 3.63) is 12.4 Å². The standard InChI is InChI=1S/C15H26N4O2.ClH/c1-12(13-3-5-16-6-4-13)9-15(20)18-14-10-17-19(11-14)7-8-21-2;/h10-13,16H,3-9H2,1-2H3,(H,18,20);1H. The highest BCUT2D eigenvalue weighted by Crippen LogP contribution is 2.24. The van der Waals surface area contributed by atoms with Crippen LogP contribution in [0.3, 0.4) is 0 Å². The normalized spacial score (nSPS) is 16.8. The summed E-state index contributed by atoms with van der Waals surface area (Å²) >= 11 is 0. The average molecular weight is 331 g/mol. The molecule has 0 radical (unpaired) electrons. The molecule has 0 aromatic carbocycles. The molecule has 6 nitrogen and oxygen atoms in total. The van der Waals surface area contributed by atoms with Crippen LogP contribution in [-0.2, 0) is 16.1 Å². The van der Waals surface area contributed by atoms with E-state index in [2.05, 4.69) is 22.7 Å². The molecule has 0 bridgehead atoms. The van der Waals surface area contributed by atoms with Gasteiger partial charge in [-0.25, -0.2) is 0 Å². The van der Waals surface area contributed by atoms with Crippen LogP contribution in [0.5, 0.6) is 0 Å². The number of nitrogens with one attached hydrogen (secondary N) is 2. The van der Waals surface area contributed by atoms with E-state index in [0.29, 0.717) is 31.4 Å². The number of aromatic nitrogens is 2. The number of carbonyl (C=O) groups is 1. The maximum absolute atomic E-state index is 12.1. The van der Waals surface area contributed by atoms with Crippen molar-refractivity contribution in [2.75, 3.05) is 32.1 Å². The van der Waals surface area contributed by atoms with Gasteiger partial charge in [0.1, 0.15) is 0 Å². The summed E-state index contributed by atoms with van der Waals surface area (Å²) in [6.07, 6.45) is 6.44. The third-order valence-corrected chi connectivity index (χ3v) is 4.14. The summed E-state index contributed by atoms with van der Waals surface area (Å²) in [6, 6.07) is 0. The number of nitrogens with zero attached hydrogens (tertiary/aromatic N) is 2. The summed E-state index contributed by atoms with van der Waals surface area (Å²) in [5.41, 5.74) is 0.758. The van der Waals surface area contributed by atoms with Crippen LogP contribution in [0.1, 0.15) is 26.2 Å². The highest BCUT2D eigenvalue weighted by molar-refractivity contribution is 5.90. The first-order valence-corrected chi connectivity index (χ1v) is 7.71. The average Bonchev–Trinajstić information content (AvgIpc) is 2.93. The van der Waals surface area contributed by atoms with E-state index in [1.807, 2.05) is 6.20 Å². The van der Waals surface area contributed by atoms with Crippen molar-refractivity contribution in [3.8, 4) is 0 Å². The van der Waals surface area contributed by atoms with E-state index in [4.69, 9.17) is 4.74 Å². The van der Waals surface area contributed by atoms with Gasteiger partial charge in [0.15, 0.2) is 0 Å². The first-order valence-electron chi connectivity index (χ1n) is 7.71. The Balaban J connectivity index is 0.00000242. The Morgan fingerprint density at radius 1 is 1.55 bits per heavy atom. The molecule has 126 valence electrons. The number of ether oxygens (including phenoxy) is 1. The fourth-order valence-corrected chi connectivity index (χ4v) is 2.82. The molecular weight excluding hydrogens is 304 g/mol. The van der Waals surface area contributed by atoms with Gasteiger partial charge in [0.05, 0.1) is 25.0 Å². The molecule has 0 saturated carbocycles. The lowest BCUT2D eigenvalue weighted by atomic mass is 9.84. The number of amides is 1. The smallest absolute Gasteiger partial charge is 0.224 e. The van der Waals surface area contributed by atoms with Gasteiger partial charge in [-0.05, 0) is 37.8 Å². The molecule has 2 rings (SSSR count). The monoisotopic (exact) mass is 330 g/mol. The summed E-state index contributed by atoms with van der Waals surface area (Å²) in [6.45, 7) is 5.63. The summed E-state index contributed by atoms with van der Waals surface area (Å²) in [5, 5.41) is 10.5. The highest BCUT2D eigenvalue weighted by atomic mass is 35.5. The Morgan fingerprint density at radius 3 is 2.95 bits per heavy atom. The van der Waals surface area contributed by atoms with Crippen molar-refractivity contribution < 1.29 is 9.53 Å². The summed E-state index contributed by atoms with van der Waals surface area (Å²) < 4.78 is 6.78. The molecule has 1 aliphatic heterocycles. The minimum Gasteiger partial charge on any atom is -0.383 e. The van der Waals surface area contributed by atoms with Crippen molar-refractivity contribution in [3.63, 3.8) is 0 Å². The zero-order chi connectivity index (χ0) is 15.1. The lowest BCUT2D eigenvalue weighted by Gasteiger charge is -2.27. The van der Waals surface area contributed by atoms with Crippen LogP contribution in [0.4, 0.5) is 5.69 Å². The van der Waals surface area contributed by atoms with Gasteiger partial charge in [0.25, 0.3) is 0 Å². The maximum Gasteiger partial charge on any atom is 0.224 e. The number of anilines is 1. The molecular formula is C15H27ClN4O2. The van der Waals surface area contributed by atoms with Gasteiger partial charge in [-0.1, -0.05) is 6.92 Å². The molecule has 1 unspecified atom stereocenters. The lowest BCUT2D eigenvalue weighted by molar-refractivity contribution is -0.117. The van der Waals surface area contributed by atoms with Crippen LogP contribution >= 0.6 is 12.4 Å². The molecule has 1 aromatic rings. The number of piperidine rings is 1. The van der Waals surface area contributed by atoms with Crippen molar-refractivity contribution in [1.29, 1.82) is 0 Å². The van der Waals surface area contributed by atoms with Gasteiger partial charge in [-0.2, -0.15) is 5.10 Å². The third-order valence-electron chi connectivity index (χ3n) is 4.14. The number of methoxy groups -OCH3 is 1. The van der Waals surface area contributed by atoms with Crippen LogP contribution in [-0.4, -0.2) is 42.5 Å². The van der Waals surface area contributed by atoms with Crippen molar-refractivity contribution in [2.45, 2.75) is 32.7 Å². The quantitative estimate of drug-likeness (QED) is 0.801. The second-order valence-corrected chi connectivity index (χ2v) is 5.80. The third kappa shape index (κ3) is 5.94. The molecule has 0 aliphatic carbocycles. The second kappa shape index (κ2) is 9.82. The van der Waals surface area contributed by atoms with Crippen LogP contribution in [0.2, 0.25) is 0 Å². The predicted molar refractivity (Wildman–Crippen MR) is 89.4 cm³/mol. The molecule has 1 aliphatic rings. The van der Waals surface area contributed by atoms with Crippen molar-refractivity contribution in [2.24, 2.45) is 11.8 Å². The Labute approximate surface area is 138 Å². The fourth-order valence-electron chi connectivity index (χ4n) is 2.82. The van der Waals surface area contributed by atoms with Gasteiger partial charge >= 0.3 is 0 Å². The van der Waals surface area contributed by atoms with E-state index in [1.165, 1.54) is 12.8 Å². The summed E-state index contributed by atoms with van der Waals surface area (Å²) in [5.74, 6) is 1.16. The summed E-state index contributed by atoms with van der Waals surface area (Å²) in [4.78, 5) is 12.1. The molecule has 1 atom stereocenters. The van der Waals surface area contributed by atoms with Gasteiger partial charge in [-0.15, -0.1) is 12.4 Å².